The van der Waals surface area contributed by atoms with E-state index in [0.717, 1.165) is 54.9 Å². The molecule has 8 atom stereocenters. The number of esters is 1. The van der Waals surface area contributed by atoms with Crippen molar-refractivity contribution >= 4 is 81.8 Å². The molecule has 9 rings (SSSR count). The van der Waals surface area contributed by atoms with Gasteiger partial charge in [-0.2, -0.15) is 0 Å². The van der Waals surface area contributed by atoms with Gasteiger partial charge >= 0.3 is 18.2 Å². The highest BCUT2D eigenvalue weighted by Crippen LogP contribution is 2.50. The predicted molar refractivity (Wildman–Crippen MR) is 405 cm³/mol. The number of anilines is 1. The van der Waals surface area contributed by atoms with Gasteiger partial charge in [0.2, 0.25) is 35.4 Å². The zero-order valence-corrected chi connectivity index (χ0v) is 65.2. The van der Waals surface area contributed by atoms with Crippen LogP contribution in [0, 0.1) is 5.92 Å². The number of methoxy groups -OCH3 is 5. The summed E-state index contributed by atoms with van der Waals surface area (Å²) < 4.78 is 53.7. The zero-order valence-electron chi connectivity index (χ0n) is 64.4. The topological polar surface area (TPSA) is 312 Å². The molecule has 4 aliphatic rings. The average molecular weight is 1530 g/mol. The molecule has 4 aromatic carbocycles. The summed E-state index contributed by atoms with van der Waals surface area (Å²) in [5, 5.41) is 21.5. The summed E-state index contributed by atoms with van der Waals surface area (Å²) >= 11 is 6.89. The lowest BCUT2D eigenvalue weighted by Crippen LogP contribution is -2.63. The monoisotopic (exact) mass is 1530 g/mol. The molecule has 4 heterocycles. The highest BCUT2D eigenvalue weighted by molar-refractivity contribution is 6.35. The van der Waals surface area contributed by atoms with Gasteiger partial charge in [-0.05, 0) is 84.7 Å². The van der Waals surface area contributed by atoms with Gasteiger partial charge in [0.05, 0.1) is 71.3 Å². The number of ether oxygens (including phenoxy) is 9. The van der Waals surface area contributed by atoms with E-state index in [9.17, 15) is 48.3 Å². The lowest BCUT2D eigenvalue weighted by molar-refractivity contribution is -0.162. The van der Waals surface area contributed by atoms with Crippen LogP contribution in [-0.2, 0) is 91.0 Å². The molecule has 8 unspecified atom stereocenters. The highest BCUT2D eigenvalue weighted by Gasteiger charge is 2.64. The lowest BCUT2D eigenvalue weighted by Gasteiger charge is -2.42. The minimum atomic E-state index is -1.93. The molecule has 29 nitrogen and oxygen atoms in total. The number of fused-ring (bicyclic) bond motifs is 9. The number of benzene rings is 4. The third-order valence-electron chi connectivity index (χ3n) is 20.9. The quantitative estimate of drug-likeness (QED) is 0.0179. The van der Waals surface area contributed by atoms with Crippen LogP contribution in [0.5, 0.6) is 5.75 Å². The van der Waals surface area contributed by atoms with Gasteiger partial charge in [0.15, 0.2) is 5.72 Å². The van der Waals surface area contributed by atoms with Crippen molar-refractivity contribution in [2.24, 2.45) is 5.92 Å². The van der Waals surface area contributed by atoms with Gasteiger partial charge in [-0.1, -0.05) is 109 Å². The van der Waals surface area contributed by atoms with E-state index in [1.54, 1.807) is 57.2 Å². The third kappa shape index (κ3) is 20.3. The van der Waals surface area contributed by atoms with Gasteiger partial charge in [0, 0.05) is 132 Å². The number of hydrogen-bond acceptors (Lipinski definition) is 20. The number of halogens is 1. The van der Waals surface area contributed by atoms with Gasteiger partial charge in [-0.3, -0.25) is 34.1 Å². The number of hydrogen-bond donors (Lipinski definition) is 3. The van der Waals surface area contributed by atoms with Crippen LogP contribution < -0.4 is 20.3 Å². The van der Waals surface area contributed by atoms with Gasteiger partial charge in [0.25, 0.3) is 0 Å². The highest BCUT2D eigenvalue weighted by atomic mass is 35.5. The van der Waals surface area contributed by atoms with Crippen molar-refractivity contribution in [2.75, 3.05) is 141 Å². The molecule has 590 valence electrons. The SMILES string of the molecule is COCCN(CCC(=O)N(C)C(C)C(=O)OC1CC(=O)N(C)c2cc(cc(OC)c2Cl)CC(C)=CC=CC(OC)C2(O)CC(OC(=O)N2)C(C)C2OC12C)C(=O)CN(CCOC)C(=O)CN(CCOC)C(=O)CNC(=O)CCn1c(CN(C)N(C)C(=O)OCC2c3ccccc3-c3ccccc32)cc2ccccc21. The summed E-state index contributed by atoms with van der Waals surface area (Å²) in [7, 11) is 13.5. The fraction of sp³-hybridized carbons (Fsp3) is 0.506. The molecule has 0 spiro atoms. The van der Waals surface area contributed by atoms with Gasteiger partial charge in [-0.15, -0.1) is 0 Å². The molecule has 2 fully saturated rings. The smallest absolute Gasteiger partial charge is 0.424 e. The Morgan fingerprint density at radius 2 is 1.40 bits per heavy atom. The zero-order chi connectivity index (χ0) is 79.0. The number of aryl methyl sites for hydroxylation is 1. The summed E-state index contributed by atoms with van der Waals surface area (Å²) in [5.74, 6) is -4.73. The van der Waals surface area contributed by atoms with Crippen molar-refractivity contribution in [3.8, 4) is 16.9 Å². The Labute approximate surface area is 641 Å². The van der Waals surface area contributed by atoms with E-state index in [1.165, 1.54) is 81.2 Å². The second-order valence-electron chi connectivity index (χ2n) is 28.2. The number of hydrazine groups is 1. The molecular weight excluding hydrogens is 1430 g/mol. The number of alkyl carbamates (subject to hydrolysis) is 1. The summed E-state index contributed by atoms with van der Waals surface area (Å²) in [6.45, 7) is 5.72. The number of epoxide rings is 1. The molecule has 8 amide bonds. The summed E-state index contributed by atoms with van der Waals surface area (Å²) in [6, 6.07) is 28.2. The van der Waals surface area contributed by atoms with Crippen LogP contribution in [0.15, 0.2) is 115 Å². The van der Waals surface area contributed by atoms with Gasteiger partial charge < -0.3 is 82.1 Å². The molecule has 0 saturated carbocycles. The first kappa shape index (κ1) is 83.6. The van der Waals surface area contributed by atoms with E-state index in [2.05, 4.69) is 34.9 Å². The van der Waals surface area contributed by atoms with E-state index in [4.69, 9.17) is 54.2 Å². The van der Waals surface area contributed by atoms with E-state index in [0.29, 0.717) is 17.9 Å². The van der Waals surface area contributed by atoms with E-state index < -0.39 is 127 Å². The fourth-order valence-corrected chi connectivity index (χ4v) is 14.4. The van der Waals surface area contributed by atoms with Crippen molar-refractivity contribution < 1.29 is 90.9 Å². The molecule has 2 saturated heterocycles. The molecule has 109 heavy (non-hydrogen) atoms. The van der Waals surface area contributed by atoms with Crippen LogP contribution in [-0.4, -0.2) is 271 Å². The van der Waals surface area contributed by atoms with Crippen LogP contribution in [0.3, 0.4) is 0 Å². The molecule has 30 heteroatoms. The second kappa shape index (κ2) is 37.8. The molecule has 3 N–H and O–H groups in total. The van der Waals surface area contributed by atoms with E-state index >= 15 is 0 Å². The number of nitrogens with one attached hydrogen (secondary N) is 2. The van der Waals surface area contributed by atoms with Crippen LogP contribution in [0.25, 0.3) is 22.0 Å². The number of amides is 8. The van der Waals surface area contributed by atoms with Crippen molar-refractivity contribution in [2.45, 2.75) is 121 Å². The van der Waals surface area contributed by atoms with E-state index in [-0.39, 0.29) is 95.9 Å². The van der Waals surface area contributed by atoms with Gasteiger partial charge in [0.1, 0.15) is 47.3 Å². The molecule has 0 radical (unpaired) electrons. The van der Waals surface area contributed by atoms with Crippen molar-refractivity contribution in [3.05, 3.63) is 142 Å². The standard InChI is InChI=1S/C79H103ClN10O19/c1-50-21-20-28-65(105-13)79(100)44-64(107-76(98)82-79)51(2)74-78(4,109-74)66(43-69(93)85(7)62-40-53(39-50)41-63(104-12)73(62)80)108-75(97)52(3)84(6)68(92)30-31-87(33-36-101-9)71(95)47-89(35-38-103-11)72(96)48-88(34-37-102-10)70(94)45-81-67(91)29-32-90-55(42-54-22-14-19-27-61(54)90)46-83(5)86(8)77(99)106-49-60-58-25-17-15-23-56(58)57-24-16-18-26-59(57)60/h14-28,40-42,51-52,60,64-66,74,100H,29-39,43-49H2,1-13H3,(H,81,91)(H,82,98). The number of para-hydroxylation sites is 1. The van der Waals surface area contributed by atoms with Crippen LogP contribution >= 0.6 is 11.6 Å². The summed E-state index contributed by atoms with van der Waals surface area (Å²) in [6.07, 6.45) is -0.949. The average Bonchev–Trinajstić information content (AvgIpc) is 1.57. The molecule has 5 aromatic rings. The molecule has 1 aliphatic carbocycles. The number of likely N-dealkylation sites (N-methyl/N-ethyl adjacent to an activating group) is 1. The van der Waals surface area contributed by atoms with Crippen molar-refractivity contribution in [1.82, 2.24) is 44.8 Å². The summed E-state index contributed by atoms with van der Waals surface area (Å²) in [4.78, 5) is 133. The first-order chi connectivity index (χ1) is 52.1. The number of allylic oxidation sites excluding steroid dienone is 3. The normalized spacial score (nSPS) is 20.7. The second-order valence-corrected chi connectivity index (χ2v) is 28.5. The minimum absolute atomic E-state index is 0.00449. The maximum Gasteiger partial charge on any atom is 0.424 e. The Kier molecular flexibility index (Phi) is 29.0. The number of carbonyl (C=O) groups excluding carboxylic acids is 9. The van der Waals surface area contributed by atoms with E-state index in [1.807, 2.05) is 72.2 Å². The first-order valence-corrected chi connectivity index (χ1v) is 36.7. The third-order valence-corrected chi connectivity index (χ3v) is 21.3. The number of aliphatic hydroxyl groups is 1. The number of nitrogens with zero attached hydrogens (tertiary/aromatic N) is 8. The minimum Gasteiger partial charge on any atom is -0.495 e. The Morgan fingerprint density at radius 3 is 2.05 bits per heavy atom. The number of aromatic nitrogens is 1. The maximum atomic E-state index is 14.6. The van der Waals surface area contributed by atoms with Crippen molar-refractivity contribution in [3.63, 3.8) is 0 Å². The fourth-order valence-electron chi connectivity index (χ4n) is 14.1. The van der Waals surface area contributed by atoms with Crippen LogP contribution in [0.1, 0.15) is 81.7 Å². The van der Waals surface area contributed by atoms with Crippen LogP contribution in [0.4, 0.5) is 15.3 Å². The molecule has 1 aromatic heterocycles. The Balaban J connectivity index is 0.808. The molecular formula is C79H103ClN10O19. The van der Waals surface area contributed by atoms with Crippen molar-refractivity contribution in [1.29, 1.82) is 0 Å². The molecule has 4 bridgehead atoms. The Hall–Kier alpha value is -9.46. The first-order valence-electron chi connectivity index (χ1n) is 36.4. The summed E-state index contributed by atoms with van der Waals surface area (Å²) in [5.41, 5.74) is 4.71. The predicted octanol–water partition coefficient (Wildman–Crippen LogP) is 6.72. The maximum absolute atomic E-state index is 14.6. The van der Waals surface area contributed by atoms with Crippen LogP contribution in [0.2, 0.25) is 5.02 Å². The Bertz CT molecular complexity index is 4130. The Morgan fingerprint density at radius 1 is 0.789 bits per heavy atom. The van der Waals surface area contributed by atoms with Gasteiger partial charge in [-0.25, -0.2) is 24.4 Å². The number of carbonyl (C=O) groups is 9. The molecule has 3 aliphatic heterocycles. The largest absolute Gasteiger partial charge is 0.495 e. The lowest BCUT2D eigenvalue weighted by atomic mass is 9.83. The number of rotatable bonds is 31.